The number of aromatic nitrogens is 3. The van der Waals surface area contributed by atoms with Gasteiger partial charge in [0, 0.05) is 31.6 Å². The van der Waals surface area contributed by atoms with Gasteiger partial charge < -0.3 is 14.7 Å². The van der Waals surface area contributed by atoms with Crippen LogP contribution in [0.25, 0.3) is 11.3 Å². The number of pyridine rings is 1. The Morgan fingerprint density at radius 3 is 2.81 bits per heavy atom. The fourth-order valence-corrected chi connectivity index (χ4v) is 3.35. The van der Waals surface area contributed by atoms with Crippen LogP contribution in [0, 0.1) is 6.92 Å². The third kappa shape index (κ3) is 4.28. The van der Waals surface area contributed by atoms with Gasteiger partial charge in [-0.1, -0.05) is 0 Å². The fourth-order valence-electron chi connectivity index (χ4n) is 3.35. The lowest BCUT2D eigenvalue weighted by Gasteiger charge is -2.35. The first kappa shape index (κ1) is 18.9. The second kappa shape index (κ2) is 8.22. The van der Waals surface area contributed by atoms with Crippen LogP contribution in [0.4, 0.5) is 0 Å². The summed E-state index contributed by atoms with van der Waals surface area (Å²) in [5.41, 5.74) is 2.05. The maximum Gasteiger partial charge on any atom is 0.337 e. The Morgan fingerprint density at radius 2 is 2.07 bits per heavy atom. The van der Waals surface area contributed by atoms with Gasteiger partial charge in [-0.2, -0.15) is 0 Å². The van der Waals surface area contributed by atoms with E-state index in [0.29, 0.717) is 23.6 Å². The van der Waals surface area contributed by atoms with E-state index in [2.05, 4.69) is 15.0 Å². The average molecular weight is 370 g/mol. The van der Waals surface area contributed by atoms with Gasteiger partial charge in [-0.05, 0) is 38.3 Å². The first-order valence-electron chi connectivity index (χ1n) is 8.82. The molecule has 0 aromatic carbocycles. The van der Waals surface area contributed by atoms with Crippen molar-refractivity contribution in [2.24, 2.45) is 0 Å². The first-order chi connectivity index (χ1) is 13.0. The summed E-state index contributed by atoms with van der Waals surface area (Å²) in [6.07, 6.45) is 5.65. The predicted molar refractivity (Wildman–Crippen MR) is 97.1 cm³/mol. The average Bonchev–Trinajstić information content (AvgIpc) is 2.68. The number of likely N-dealkylation sites (tertiary alicyclic amines) is 1. The topological polar surface area (TPSA) is 106 Å². The van der Waals surface area contributed by atoms with Crippen molar-refractivity contribution in [1.82, 2.24) is 19.9 Å². The van der Waals surface area contributed by atoms with E-state index >= 15 is 0 Å². The van der Waals surface area contributed by atoms with E-state index in [-0.39, 0.29) is 24.1 Å². The quantitative estimate of drug-likeness (QED) is 0.860. The maximum atomic E-state index is 12.4. The van der Waals surface area contributed by atoms with Crippen LogP contribution in [-0.4, -0.2) is 57.1 Å². The van der Waals surface area contributed by atoms with E-state index < -0.39 is 5.97 Å². The fraction of sp³-hybridized carbons (Fsp3) is 0.421. The van der Waals surface area contributed by atoms with E-state index in [1.54, 1.807) is 13.1 Å². The molecule has 1 saturated heterocycles. The van der Waals surface area contributed by atoms with Crippen LogP contribution < -0.4 is 0 Å². The van der Waals surface area contributed by atoms with Crippen molar-refractivity contribution in [2.45, 2.75) is 32.2 Å². The molecule has 8 nitrogen and oxygen atoms in total. The third-order valence-electron chi connectivity index (χ3n) is 4.57. The Hall–Kier alpha value is -2.87. The highest BCUT2D eigenvalue weighted by Gasteiger charge is 2.29. The lowest BCUT2D eigenvalue weighted by Crippen LogP contribution is -2.40. The van der Waals surface area contributed by atoms with E-state index in [9.17, 15) is 14.7 Å². The van der Waals surface area contributed by atoms with Crippen LogP contribution in [0.5, 0.6) is 0 Å². The summed E-state index contributed by atoms with van der Waals surface area (Å²) in [6, 6.07) is 3.21. The summed E-state index contributed by atoms with van der Waals surface area (Å²) in [7, 11) is 1.51. The Kier molecular flexibility index (Phi) is 5.75. The monoisotopic (exact) mass is 370 g/mol. The number of piperidine rings is 1. The van der Waals surface area contributed by atoms with Gasteiger partial charge in [0.25, 0.3) is 0 Å². The minimum atomic E-state index is -1.04. The summed E-state index contributed by atoms with van der Waals surface area (Å²) in [5.74, 6) is -0.540. The molecule has 0 radical (unpaired) electrons. The Morgan fingerprint density at radius 1 is 1.26 bits per heavy atom. The highest BCUT2D eigenvalue weighted by atomic mass is 16.5. The molecule has 1 N–H and O–H groups in total. The zero-order valence-electron chi connectivity index (χ0n) is 15.4. The molecule has 1 aliphatic rings. The number of carbonyl (C=O) groups is 2. The molecule has 0 bridgehead atoms. The number of rotatable bonds is 5. The molecule has 1 atom stereocenters. The van der Waals surface area contributed by atoms with Crippen LogP contribution >= 0.6 is 0 Å². The number of aromatic carboxylic acids is 1. The number of hydrogen-bond donors (Lipinski definition) is 1. The molecule has 142 valence electrons. The number of nitrogens with zero attached hydrogens (tertiary/aromatic N) is 4. The van der Waals surface area contributed by atoms with Crippen molar-refractivity contribution in [3.63, 3.8) is 0 Å². The van der Waals surface area contributed by atoms with Crippen molar-refractivity contribution in [3.8, 4) is 11.3 Å². The molecule has 1 aliphatic heterocycles. The molecule has 27 heavy (non-hydrogen) atoms. The number of aryl methyl sites for hydroxylation is 1. The minimum absolute atomic E-state index is 0.0397. The molecule has 2 aromatic heterocycles. The molecule has 1 amide bonds. The van der Waals surface area contributed by atoms with E-state index in [0.717, 1.165) is 25.0 Å². The second-order valence-electron chi connectivity index (χ2n) is 6.52. The van der Waals surface area contributed by atoms with Crippen molar-refractivity contribution < 1.29 is 19.4 Å². The standard InChI is InChI=1S/C19H22N4O4/c1-12-21-15(13-7-14(19(25)26)10-20-9-13)8-16(22-12)17-5-3-4-6-23(17)18(24)11-27-2/h7-10,17H,3-6,11H2,1-2H3,(H,25,26). The number of amides is 1. The molecule has 2 aromatic rings. The van der Waals surface area contributed by atoms with Gasteiger partial charge in [0.05, 0.1) is 23.0 Å². The predicted octanol–water partition coefficient (Wildman–Crippen LogP) is 2.25. The van der Waals surface area contributed by atoms with Crippen LogP contribution in [0.2, 0.25) is 0 Å². The molecule has 0 saturated carbocycles. The number of carboxylic acids is 1. The lowest BCUT2D eigenvalue weighted by molar-refractivity contribution is -0.139. The van der Waals surface area contributed by atoms with Crippen LogP contribution in [0.15, 0.2) is 24.5 Å². The van der Waals surface area contributed by atoms with Crippen LogP contribution in [-0.2, 0) is 9.53 Å². The summed E-state index contributed by atoms with van der Waals surface area (Å²) in [5, 5.41) is 9.19. The summed E-state index contributed by atoms with van der Waals surface area (Å²) < 4.78 is 5.01. The SMILES string of the molecule is COCC(=O)N1CCCCC1c1cc(-c2cncc(C(=O)O)c2)nc(C)n1. The van der Waals surface area contributed by atoms with Gasteiger partial charge in [-0.25, -0.2) is 14.8 Å². The lowest BCUT2D eigenvalue weighted by atomic mass is 9.97. The summed E-state index contributed by atoms with van der Waals surface area (Å²) in [4.78, 5) is 38.4. The van der Waals surface area contributed by atoms with Gasteiger partial charge in [-0.3, -0.25) is 9.78 Å². The van der Waals surface area contributed by atoms with Crippen molar-refractivity contribution in [1.29, 1.82) is 0 Å². The van der Waals surface area contributed by atoms with Gasteiger partial charge >= 0.3 is 5.97 Å². The molecular weight excluding hydrogens is 348 g/mol. The molecule has 0 spiro atoms. The van der Waals surface area contributed by atoms with Gasteiger partial charge in [0.1, 0.15) is 12.4 Å². The van der Waals surface area contributed by atoms with E-state index in [1.807, 2.05) is 11.0 Å². The Balaban J connectivity index is 1.98. The summed E-state index contributed by atoms with van der Waals surface area (Å²) in [6.45, 7) is 2.49. The van der Waals surface area contributed by atoms with Crippen molar-refractivity contribution in [2.75, 3.05) is 20.3 Å². The molecule has 3 rings (SSSR count). The third-order valence-corrected chi connectivity index (χ3v) is 4.57. The molecule has 1 fully saturated rings. The zero-order valence-corrected chi connectivity index (χ0v) is 15.4. The van der Waals surface area contributed by atoms with Crippen LogP contribution in [0.1, 0.15) is 47.2 Å². The molecule has 3 heterocycles. The maximum absolute atomic E-state index is 12.4. The molecular formula is C19H22N4O4. The molecule has 8 heteroatoms. The van der Waals surface area contributed by atoms with Crippen molar-refractivity contribution in [3.05, 3.63) is 41.6 Å². The van der Waals surface area contributed by atoms with Gasteiger partial charge in [0.2, 0.25) is 5.91 Å². The molecule has 0 aliphatic carbocycles. The van der Waals surface area contributed by atoms with E-state index in [1.165, 1.54) is 19.4 Å². The largest absolute Gasteiger partial charge is 0.478 e. The number of carbonyl (C=O) groups excluding carboxylic acids is 1. The second-order valence-corrected chi connectivity index (χ2v) is 6.52. The Bertz CT molecular complexity index is 855. The highest BCUT2D eigenvalue weighted by Crippen LogP contribution is 2.31. The van der Waals surface area contributed by atoms with Crippen LogP contribution in [0.3, 0.4) is 0 Å². The normalized spacial score (nSPS) is 17.0. The number of hydrogen-bond acceptors (Lipinski definition) is 6. The zero-order chi connectivity index (χ0) is 19.4. The highest BCUT2D eigenvalue weighted by molar-refractivity contribution is 5.88. The summed E-state index contributed by atoms with van der Waals surface area (Å²) >= 11 is 0. The van der Waals surface area contributed by atoms with Crippen molar-refractivity contribution >= 4 is 11.9 Å². The first-order valence-corrected chi connectivity index (χ1v) is 8.82. The minimum Gasteiger partial charge on any atom is -0.478 e. The Labute approximate surface area is 157 Å². The number of carboxylic acid groups (broad SMARTS) is 1. The number of methoxy groups -OCH3 is 1. The smallest absolute Gasteiger partial charge is 0.337 e. The van der Waals surface area contributed by atoms with Gasteiger partial charge in [0.15, 0.2) is 0 Å². The molecule has 1 unspecified atom stereocenters. The van der Waals surface area contributed by atoms with Gasteiger partial charge in [-0.15, -0.1) is 0 Å². The van der Waals surface area contributed by atoms with E-state index in [4.69, 9.17) is 4.74 Å². The number of ether oxygens (including phenoxy) is 1.